The molecule has 7 nitrogen and oxygen atoms in total. The Morgan fingerprint density at radius 1 is 1.42 bits per heavy atom. The number of anilines is 1. The number of nitrogens with zero attached hydrogens (tertiary/aromatic N) is 2. The van der Waals surface area contributed by atoms with Crippen LogP contribution in [-0.2, 0) is 11.4 Å². The molecular formula is C18H19ClN4O3. The van der Waals surface area contributed by atoms with Gasteiger partial charge in [0, 0.05) is 25.0 Å². The topological polar surface area (TPSA) is 83.6 Å². The van der Waals surface area contributed by atoms with Crippen LogP contribution in [0.1, 0.15) is 12.6 Å². The van der Waals surface area contributed by atoms with Crippen LogP contribution in [0.4, 0.5) is 10.5 Å². The number of ether oxygens (including phenoxy) is 1. The first-order valence-electron chi connectivity index (χ1n) is 8.22. The second-order valence-electron chi connectivity index (χ2n) is 5.84. The number of nitrogens with one attached hydrogen (secondary N) is 2. The van der Waals surface area contributed by atoms with E-state index < -0.39 is 6.04 Å². The molecule has 1 aromatic carbocycles. The van der Waals surface area contributed by atoms with Crippen LogP contribution in [0.5, 0.6) is 5.75 Å². The SMILES string of the molecule is C[C@H](Nc1ccc(OCc2ccccn2)c(Cl)c1)C(=O)N1CCNC1=O. The van der Waals surface area contributed by atoms with E-state index in [2.05, 4.69) is 15.6 Å². The van der Waals surface area contributed by atoms with Crippen molar-refractivity contribution in [3.8, 4) is 5.75 Å². The van der Waals surface area contributed by atoms with E-state index in [0.29, 0.717) is 36.2 Å². The van der Waals surface area contributed by atoms with Crippen molar-refractivity contribution >= 4 is 29.2 Å². The van der Waals surface area contributed by atoms with Gasteiger partial charge in [-0.1, -0.05) is 17.7 Å². The minimum Gasteiger partial charge on any atom is -0.486 e. The van der Waals surface area contributed by atoms with Gasteiger partial charge in [-0.05, 0) is 37.3 Å². The number of imide groups is 1. The van der Waals surface area contributed by atoms with Gasteiger partial charge in [-0.2, -0.15) is 0 Å². The van der Waals surface area contributed by atoms with Crippen molar-refractivity contribution in [1.29, 1.82) is 0 Å². The number of carbonyl (C=O) groups excluding carboxylic acids is 2. The zero-order valence-corrected chi connectivity index (χ0v) is 15.0. The summed E-state index contributed by atoms with van der Waals surface area (Å²) in [4.78, 5) is 29.3. The minimum atomic E-state index is -0.560. The van der Waals surface area contributed by atoms with E-state index in [-0.39, 0.29) is 11.9 Å². The fraction of sp³-hybridized carbons (Fsp3) is 0.278. The highest BCUT2D eigenvalue weighted by Crippen LogP contribution is 2.28. The van der Waals surface area contributed by atoms with Gasteiger partial charge in [0.1, 0.15) is 18.4 Å². The van der Waals surface area contributed by atoms with Gasteiger partial charge in [-0.25, -0.2) is 4.79 Å². The Kier molecular flexibility index (Phi) is 5.58. The Hall–Kier alpha value is -2.80. The second kappa shape index (κ2) is 8.05. The summed E-state index contributed by atoms with van der Waals surface area (Å²) in [5, 5.41) is 6.09. The number of halogens is 1. The van der Waals surface area contributed by atoms with Gasteiger partial charge in [-0.3, -0.25) is 14.7 Å². The summed E-state index contributed by atoms with van der Waals surface area (Å²) in [6, 6.07) is 9.86. The standard InChI is InChI=1S/C18H19ClN4O3/c1-12(17(24)23-9-8-21-18(23)25)22-13-5-6-16(15(19)10-13)26-11-14-4-2-3-7-20-14/h2-7,10,12,22H,8-9,11H2,1H3,(H,21,25)/t12-/m0/s1. The summed E-state index contributed by atoms with van der Waals surface area (Å²) in [6.07, 6.45) is 1.70. The molecule has 0 radical (unpaired) electrons. The number of rotatable bonds is 6. The van der Waals surface area contributed by atoms with Crippen molar-refractivity contribution in [1.82, 2.24) is 15.2 Å². The minimum absolute atomic E-state index is 0.286. The van der Waals surface area contributed by atoms with Gasteiger partial charge in [0.25, 0.3) is 5.91 Å². The first kappa shape index (κ1) is 18.0. The third-order valence-electron chi connectivity index (χ3n) is 3.91. The van der Waals surface area contributed by atoms with Crippen LogP contribution in [0.3, 0.4) is 0 Å². The summed E-state index contributed by atoms with van der Waals surface area (Å²) >= 11 is 6.26. The molecule has 1 saturated heterocycles. The quantitative estimate of drug-likeness (QED) is 0.812. The van der Waals surface area contributed by atoms with Crippen molar-refractivity contribution in [3.63, 3.8) is 0 Å². The highest BCUT2D eigenvalue weighted by Gasteiger charge is 2.29. The maximum absolute atomic E-state index is 12.3. The van der Waals surface area contributed by atoms with E-state index in [0.717, 1.165) is 5.69 Å². The predicted octanol–water partition coefficient (Wildman–Crippen LogP) is 2.67. The van der Waals surface area contributed by atoms with Gasteiger partial charge in [0.15, 0.2) is 0 Å². The van der Waals surface area contributed by atoms with Crippen molar-refractivity contribution < 1.29 is 14.3 Å². The third-order valence-corrected chi connectivity index (χ3v) is 4.21. The monoisotopic (exact) mass is 374 g/mol. The number of hydrogen-bond donors (Lipinski definition) is 2. The lowest BCUT2D eigenvalue weighted by atomic mass is 10.2. The zero-order valence-electron chi connectivity index (χ0n) is 14.2. The number of benzene rings is 1. The highest BCUT2D eigenvalue weighted by molar-refractivity contribution is 6.32. The normalized spacial score (nSPS) is 14.7. The van der Waals surface area contributed by atoms with Crippen LogP contribution in [0.25, 0.3) is 0 Å². The molecule has 0 unspecified atom stereocenters. The van der Waals surface area contributed by atoms with Gasteiger partial charge < -0.3 is 15.4 Å². The Labute approximate surface area is 156 Å². The number of amides is 3. The van der Waals surface area contributed by atoms with E-state index >= 15 is 0 Å². The van der Waals surface area contributed by atoms with Gasteiger partial charge in [0.2, 0.25) is 0 Å². The van der Waals surface area contributed by atoms with Gasteiger partial charge in [0.05, 0.1) is 10.7 Å². The number of urea groups is 1. The molecule has 2 N–H and O–H groups in total. The number of pyridine rings is 1. The Morgan fingerprint density at radius 2 is 2.27 bits per heavy atom. The summed E-state index contributed by atoms with van der Waals surface area (Å²) in [7, 11) is 0. The van der Waals surface area contributed by atoms with Crippen LogP contribution < -0.4 is 15.4 Å². The molecule has 1 aliphatic heterocycles. The molecule has 26 heavy (non-hydrogen) atoms. The second-order valence-corrected chi connectivity index (χ2v) is 6.25. The lowest BCUT2D eigenvalue weighted by molar-refractivity contribution is -0.128. The molecule has 0 bridgehead atoms. The van der Waals surface area contributed by atoms with Crippen LogP contribution in [0.2, 0.25) is 5.02 Å². The van der Waals surface area contributed by atoms with Gasteiger partial charge in [-0.15, -0.1) is 0 Å². The van der Waals surface area contributed by atoms with Crippen LogP contribution in [0.15, 0.2) is 42.6 Å². The van der Waals surface area contributed by atoms with E-state index in [4.69, 9.17) is 16.3 Å². The van der Waals surface area contributed by atoms with E-state index in [1.807, 2.05) is 18.2 Å². The largest absolute Gasteiger partial charge is 0.486 e. The van der Waals surface area contributed by atoms with Crippen LogP contribution in [0, 0.1) is 0 Å². The number of hydrogen-bond acceptors (Lipinski definition) is 5. The van der Waals surface area contributed by atoms with E-state index in [1.54, 1.807) is 31.3 Å². The van der Waals surface area contributed by atoms with Crippen molar-refractivity contribution in [3.05, 3.63) is 53.3 Å². The fourth-order valence-corrected chi connectivity index (χ4v) is 2.81. The average molecular weight is 375 g/mol. The molecule has 0 spiro atoms. The molecule has 0 saturated carbocycles. The molecule has 1 aromatic heterocycles. The Morgan fingerprint density at radius 3 is 2.92 bits per heavy atom. The first-order chi connectivity index (χ1) is 12.5. The predicted molar refractivity (Wildman–Crippen MR) is 98.2 cm³/mol. The maximum Gasteiger partial charge on any atom is 0.324 e. The molecule has 1 aliphatic rings. The zero-order chi connectivity index (χ0) is 18.5. The summed E-state index contributed by atoms with van der Waals surface area (Å²) < 4.78 is 5.68. The maximum atomic E-state index is 12.3. The smallest absolute Gasteiger partial charge is 0.324 e. The summed E-state index contributed by atoms with van der Waals surface area (Å²) in [5.74, 6) is 0.243. The van der Waals surface area contributed by atoms with E-state index in [9.17, 15) is 9.59 Å². The number of aromatic nitrogens is 1. The molecule has 3 rings (SSSR count). The molecule has 1 atom stereocenters. The number of carbonyl (C=O) groups is 2. The molecule has 2 heterocycles. The molecule has 1 fully saturated rings. The average Bonchev–Trinajstić information content (AvgIpc) is 3.07. The van der Waals surface area contributed by atoms with Gasteiger partial charge >= 0.3 is 6.03 Å². The van der Waals surface area contributed by atoms with Crippen molar-refractivity contribution in [2.75, 3.05) is 18.4 Å². The molecule has 2 aromatic rings. The highest BCUT2D eigenvalue weighted by atomic mass is 35.5. The molecule has 136 valence electrons. The lowest BCUT2D eigenvalue weighted by Crippen LogP contribution is -2.43. The third kappa shape index (κ3) is 4.23. The van der Waals surface area contributed by atoms with Crippen LogP contribution >= 0.6 is 11.6 Å². The lowest BCUT2D eigenvalue weighted by Gasteiger charge is -2.20. The van der Waals surface area contributed by atoms with Crippen molar-refractivity contribution in [2.24, 2.45) is 0 Å². The Bertz CT molecular complexity index is 800. The summed E-state index contributed by atoms with van der Waals surface area (Å²) in [5.41, 5.74) is 1.47. The summed E-state index contributed by atoms with van der Waals surface area (Å²) in [6.45, 7) is 2.87. The Balaban J connectivity index is 1.60. The molecule has 3 amide bonds. The van der Waals surface area contributed by atoms with Crippen LogP contribution in [-0.4, -0.2) is 41.0 Å². The van der Waals surface area contributed by atoms with E-state index in [1.165, 1.54) is 4.90 Å². The molecule has 8 heteroatoms. The molecule has 0 aliphatic carbocycles. The fourth-order valence-electron chi connectivity index (χ4n) is 2.57. The first-order valence-corrected chi connectivity index (χ1v) is 8.60. The molecular weight excluding hydrogens is 356 g/mol. The van der Waals surface area contributed by atoms with Crippen molar-refractivity contribution in [2.45, 2.75) is 19.6 Å².